The summed E-state index contributed by atoms with van der Waals surface area (Å²) < 4.78 is 15.6. The van der Waals surface area contributed by atoms with Gasteiger partial charge in [-0.15, -0.1) is 0 Å². The van der Waals surface area contributed by atoms with Crippen LogP contribution in [-0.2, 0) is 23.8 Å². The lowest BCUT2D eigenvalue weighted by atomic mass is 9.77. The van der Waals surface area contributed by atoms with Gasteiger partial charge in [-0.25, -0.2) is 9.80 Å². The number of benzene rings is 2. The van der Waals surface area contributed by atoms with Crippen molar-refractivity contribution >= 4 is 23.7 Å². The van der Waals surface area contributed by atoms with Gasteiger partial charge in [-0.3, -0.25) is 4.79 Å². The van der Waals surface area contributed by atoms with Crippen molar-refractivity contribution in [1.82, 2.24) is 5.01 Å². The summed E-state index contributed by atoms with van der Waals surface area (Å²) >= 11 is 0. The fraction of sp³-hybridized carbons (Fsp3) is 0.296. The normalized spacial score (nSPS) is 22.7. The lowest BCUT2D eigenvalue weighted by Crippen LogP contribution is -2.34. The summed E-state index contributed by atoms with van der Waals surface area (Å²) in [6.07, 6.45) is 6.25. The van der Waals surface area contributed by atoms with Crippen LogP contribution >= 0.6 is 0 Å². The molecule has 2 heterocycles. The molecule has 174 valence electrons. The Morgan fingerprint density at radius 1 is 1.06 bits per heavy atom. The van der Waals surface area contributed by atoms with E-state index in [0.29, 0.717) is 6.61 Å². The average molecular weight is 459 g/mol. The third-order valence-corrected chi connectivity index (χ3v) is 6.22. The van der Waals surface area contributed by atoms with Crippen molar-refractivity contribution in [3.8, 4) is 0 Å². The lowest BCUT2D eigenvalue weighted by molar-refractivity contribution is -0.153. The van der Waals surface area contributed by atoms with Crippen LogP contribution in [0.4, 0.5) is 0 Å². The molecule has 1 aliphatic carbocycles. The number of fused-ring (bicyclic) bond motifs is 1. The van der Waals surface area contributed by atoms with Gasteiger partial charge in [-0.1, -0.05) is 60.7 Å². The molecule has 2 aromatic rings. The summed E-state index contributed by atoms with van der Waals surface area (Å²) in [6.45, 7) is 0.215. The van der Waals surface area contributed by atoms with Gasteiger partial charge in [0.05, 0.1) is 11.8 Å². The maximum absolute atomic E-state index is 13.3. The van der Waals surface area contributed by atoms with Crippen LogP contribution in [0.2, 0.25) is 0 Å². The van der Waals surface area contributed by atoms with Crippen molar-refractivity contribution < 1.29 is 23.8 Å². The molecule has 1 amide bonds. The number of hydrogen-bond donors (Lipinski definition) is 0. The molecule has 7 nitrogen and oxygen atoms in total. The molecule has 0 radical (unpaired) electrons. The first-order chi connectivity index (χ1) is 16.7. The van der Waals surface area contributed by atoms with Gasteiger partial charge in [0.2, 0.25) is 5.76 Å². The zero-order valence-electron chi connectivity index (χ0n) is 18.8. The molecular formula is C27H26N2O5. The van der Waals surface area contributed by atoms with E-state index in [-0.39, 0.29) is 30.2 Å². The average Bonchev–Trinajstić information content (AvgIpc) is 3.29. The molecule has 0 spiro atoms. The number of amides is 1. The van der Waals surface area contributed by atoms with Crippen LogP contribution in [-0.4, -0.2) is 42.4 Å². The van der Waals surface area contributed by atoms with E-state index in [4.69, 9.17) is 19.3 Å². The highest BCUT2D eigenvalue weighted by Crippen LogP contribution is 2.44. The van der Waals surface area contributed by atoms with Crippen LogP contribution in [0.5, 0.6) is 0 Å². The van der Waals surface area contributed by atoms with E-state index >= 15 is 0 Å². The number of hydrogen-bond acceptors (Lipinski definition) is 6. The number of allylic oxidation sites excluding steroid dienone is 1. The van der Waals surface area contributed by atoms with Gasteiger partial charge in [0, 0.05) is 5.92 Å². The molecule has 7 heteroatoms. The summed E-state index contributed by atoms with van der Waals surface area (Å²) in [5.41, 5.74) is 4.21. The van der Waals surface area contributed by atoms with Crippen molar-refractivity contribution in [3.63, 3.8) is 0 Å². The molecule has 2 aliphatic heterocycles. The SMILES string of the molecule is O=C(OCC(=O)N1N=C2C(=Cc3ccccc3)CCCC2C1c1ccccc1)C1=COCCO1. The van der Waals surface area contributed by atoms with Crippen molar-refractivity contribution in [2.24, 2.45) is 11.0 Å². The van der Waals surface area contributed by atoms with Gasteiger partial charge in [0.15, 0.2) is 6.61 Å². The Hall–Kier alpha value is -3.87. The Labute approximate surface area is 198 Å². The topological polar surface area (TPSA) is 77.4 Å². The van der Waals surface area contributed by atoms with E-state index in [1.54, 1.807) is 0 Å². The van der Waals surface area contributed by atoms with E-state index in [1.807, 2.05) is 48.5 Å². The Kier molecular flexibility index (Phi) is 6.42. The van der Waals surface area contributed by atoms with E-state index in [1.165, 1.54) is 11.3 Å². The number of esters is 1. The molecule has 3 aliphatic rings. The number of carbonyl (C=O) groups is 2. The summed E-state index contributed by atoms with van der Waals surface area (Å²) in [5.74, 6) is -1.05. The van der Waals surface area contributed by atoms with Crippen LogP contribution in [0, 0.1) is 5.92 Å². The second kappa shape index (κ2) is 9.95. The number of rotatable bonds is 5. The first-order valence-corrected chi connectivity index (χ1v) is 11.5. The van der Waals surface area contributed by atoms with Gasteiger partial charge in [-0.05, 0) is 42.0 Å². The van der Waals surface area contributed by atoms with Gasteiger partial charge in [0.25, 0.3) is 5.91 Å². The van der Waals surface area contributed by atoms with E-state index in [2.05, 4.69) is 18.2 Å². The summed E-state index contributed by atoms with van der Waals surface area (Å²) in [5, 5.41) is 6.31. The van der Waals surface area contributed by atoms with Gasteiger partial charge in [-0.2, -0.15) is 5.10 Å². The predicted molar refractivity (Wildman–Crippen MR) is 126 cm³/mol. The largest absolute Gasteiger partial charge is 0.493 e. The second-order valence-corrected chi connectivity index (χ2v) is 8.44. The minimum absolute atomic E-state index is 0.0341. The third kappa shape index (κ3) is 4.59. The molecule has 0 bridgehead atoms. The zero-order chi connectivity index (χ0) is 23.3. The molecule has 1 fully saturated rings. The summed E-state index contributed by atoms with van der Waals surface area (Å²) in [4.78, 5) is 25.5. The standard InChI is InChI=1S/C27H26N2O5/c30-24(18-34-27(31)23-17-32-14-15-33-23)29-26(20-10-5-2-6-11-20)22-13-7-12-21(25(22)28-29)16-19-8-3-1-4-9-19/h1-6,8-11,16-17,22,26H,7,12-15,18H2. The molecule has 2 aromatic carbocycles. The van der Waals surface area contributed by atoms with Crippen molar-refractivity contribution in [2.75, 3.05) is 19.8 Å². The van der Waals surface area contributed by atoms with Crippen LogP contribution in [0.25, 0.3) is 6.08 Å². The van der Waals surface area contributed by atoms with E-state index in [0.717, 1.165) is 41.7 Å². The van der Waals surface area contributed by atoms with E-state index < -0.39 is 12.6 Å². The number of carbonyl (C=O) groups excluding carboxylic acids is 2. The Morgan fingerprint density at radius 3 is 2.56 bits per heavy atom. The predicted octanol–water partition coefficient (Wildman–Crippen LogP) is 4.24. The Balaban J connectivity index is 1.41. The Morgan fingerprint density at radius 2 is 1.82 bits per heavy atom. The third-order valence-electron chi connectivity index (χ3n) is 6.22. The number of nitrogens with zero attached hydrogens (tertiary/aromatic N) is 2. The van der Waals surface area contributed by atoms with Crippen LogP contribution in [0.1, 0.15) is 36.4 Å². The minimum atomic E-state index is -0.724. The fourth-order valence-electron chi connectivity index (χ4n) is 4.68. The van der Waals surface area contributed by atoms with E-state index in [9.17, 15) is 9.59 Å². The molecule has 34 heavy (non-hydrogen) atoms. The smallest absolute Gasteiger partial charge is 0.377 e. The molecule has 2 atom stereocenters. The second-order valence-electron chi connectivity index (χ2n) is 8.44. The highest BCUT2D eigenvalue weighted by atomic mass is 16.6. The Bertz CT molecular complexity index is 1140. The number of hydrazone groups is 1. The molecule has 2 unspecified atom stereocenters. The molecule has 0 saturated heterocycles. The summed E-state index contributed by atoms with van der Waals surface area (Å²) in [6, 6.07) is 19.8. The zero-order valence-corrected chi connectivity index (χ0v) is 18.8. The van der Waals surface area contributed by atoms with Crippen molar-refractivity contribution in [3.05, 3.63) is 89.4 Å². The molecule has 5 rings (SSSR count). The van der Waals surface area contributed by atoms with Crippen molar-refractivity contribution in [2.45, 2.75) is 25.3 Å². The monoisotopic (exact) mass is 458 g/mol. The van der Waals surface area contributed by atoms with Crippen LogP contribution in [0.3, 0.4) is 0 Å². The van der Waals surface area contributed by atoms with Crippen LogP contribution in [0.15, 0.2) is 83.4 Å². The molecule has 0 aromatic heterocycles. The van der Waals surface area contributed by atoms with Gasteiger partial charge in [0.1, 0.15) is 19.5 Å². The van der Waals surface area contributed by atoms with Crippen molar-refractivity contribution in [1.29, 1.82) is 0 Å². The molecule has 0 N–H and O–H groups in total. The maximum Gasteiger partial charge on any atom is 0.377 e. The highest BCUT2D eigenvalue weighted by Gasteiger charge is 2.43. The minimum Gasteiger partial charge on any atom is -0.493 e. The number of ether oxygens (including phenoxy) is 3. The quantitative estimate of drug-likeness (QED) is 0.627. The summed E-state index contributed by atoms with van der Waals surface area (Å²) in [7, 11) is 0. The van der Waals surface area contributed by atoms with Gasteiger partial charge >= 0.3 is 5.97 Å². The molecule has 1 saturated carbocycles. The first-order valence-electron chi connectivity index (χ1n) is 11.5. The fourth-order valence-corrected chi connectivity index (χ4v) is 4.68. The van der Waals surface area contributed by atoms with Crippen LogP contribution < -0.4 is 0 Å². The molecular weight excluding hydrogens is 432 g/mol. The lowest BCUT2D eigenvalue weighted by Gasteiger charge is -2.29. The van der Waals surface area contributed by atoms with Gasteiger partial charge < -0.3 is 14.2 Å². The maximum atomic E-state index is 13.3. The first kappa shape index (κ1) is 21.9. The highest BCUT2D eigenvalue weighted by molar-refractivity contribution is 6.08.